The van der Waals surface area contributed by atoms with Gasteiger partial charge in [-0.15, -0.1) is 0 Å². The fourth-order valence-electron chi connectivity index (χ4n) is 1.93. The number of thioether (sulfide) groups is 1. The van der Waals surface area contributed by atoms with Crippen molar-refractivity contribution < 1.29 is 9.59 Å². The first-order chi connectivity index (χ1) is 9.97. The molecule has 1 unspecified atom stereocenters. The van der Waals surface area contributed by atoms with Gasteiger partial charge in [0.05, 0.1) is 5.25 Å². The van der Waals surface area contributed by atoms with E-state index >= 15 is 0 Å². The number of nitrogens with zero attached hydrogens (tertiary/aromatic N) is 1. The Morgan fingerprint density at radius 2 is 2.10 bits per heavy atom. The monoisotopic (exact) mass is 434 g/mol. The van der Waals surface area contributed by atoms with E-state index in [1.807, 2.05) is 31.2 Å². The summed E-state index contributed by atoms with van der Waals surface area (Å²) in [6, 6.07) is 7.63. The van der Waals surface area contributed by atoms with Crippen molar-refractivity contribution in [1.29, 1.82) is 0 Å². The maximum absolute atomic E-state index is 11.8. The minimum Gasteiger partial charge on any atom is -0.326 e. The lowest BCUT2D eigenvalue weighted by molar-refractivity contribution is -0.126. The third kappa shape index (κ3) is 4.65. The zero-order valence-corrected chi connectivity index (χ0v) is 15.3. The Morgan fingerprint density at radius 3 is 2.67 bits per heavy atom. The maximum atomic E-state index is 11.8. The summed E-state index contributed by atoms with van der Waals surface area (Å²) >= 11 is 8.78. The molecule has 1 saturated heterocycles. The fraction of sp³-hybridized carbons (Fsp3) is 0.357. The smallest absolute Gasteiger partial charge is 0.241 e. The second-order valence-corrected chi connectivity index (χ2v) is 7.89. The molecule has 1 aromatic rings. The van der Waals surface area contributed by atoms with Crippen LogP contribution >= 0.6 is 46.6 Å². The van der Waals surface area contributed by atoms with Crippen LogP contribution in [0.3, 0.4) is 0 Å². The molecule has 1 atom stereocenters. The van der Waals surface area contributed by atoms with Gasteiger partial charge in [0.2, 0.25) is 11.8 Å². The van der Waals surface area contributed by atoms with Crippen LogP contribution in [0.15, 0.2) is 24.3 Å². The molecule has 0 saturated carbocycles. The van der Waals surface area contributed by atoms with Gasteiger partial charge in [-0.3, -0.25) is 14.5 Å². The summed E-state index contributed by atoms with van der Waals surface area (Å²) in [4.78, 5) is 25.3. The molecule has 0 spiro atoms. The molecule has 21 heavy (non-hydrogen) atoms. The summed E-state index contributed by atoms with van der Waals surface area (Å²) in [5.41, 5.74) is 0.789. The lowest BCUT2D eigenvalue weighted by atomic mass is 10.2. The van der Waals surface area contributed by atoms with Crippen LogP contribution < -0.4 is 5.32 Å². The molecule has 1 aromatic carbocycles. The molecule has 1 aliphatic heterocycles. The Morgan fingerprint density at radius 1 is 1.43 bits per heavy atom. The van der Waals surface area contributed by atoms with Crippen LogP contribution in [-0.4, -0.2) is 32.8 Å². The lowest BCUT2D eigenvalue weighted by Crippen LogP contribution is -2.32. The molecule has 1 N–H and O–H groups in total. The predicted octanol–water partition coefficient (Wildman–Crippen LogP) is 3.26. The summed E-state index contributed by atoms with van der Waals surface area (Å²) in [7, 11) is 0. The molecule has 0 radical (unpaired) electrons. The van der Waals surface area contributed by atoms with Gasteiger partial charge >= 0.3 is 0 Å². The summed E-state index contributed by atoms with van der Waals surface area (Å²) in [6.07, 6.45) is 0.979. The van der Waals surface area contributed by atoms with Gasteiger partial charge in [0, 0.05) is 22.2 Å². The SMILES string of the molecule is CC1SC(=S)N(CCCC(=O)Nc2ccc(I)cc2)C1=O. The van der Waals surface area contributed by atoms with Crippen LogP contribution in [0.5, 0.6) is 0 Å². The lowest BCUT2D eigenvalue weighted by Gasteiger charge is -2.14. The number of anilines is 1. The van der Waals surface area contributed by atoms with Crippen molar-refractivity contribution in [1.82, 2.24) is 4.90 Å². The Hall–Kier alpha value is -0.670. The normalized spacial score (nSPS) is 18.2. The second kappa shape index (κ2) is 7.55. The van der Waals surface area contributed by atoms with Crippen molar-refractivity contribution in [3.05, 3.63) is 27.8 Å². The number of halogens is 1. The number of carbonyl (C=O) groups excluding carboxylic acids is 2. The van der Waals surface area contributed by atoms with Gasteiger partial charge in [-0.1, -0.05) is 24.0 Å². The van der Waals surface area contributed by atoms with E-state index in [-0.39, 0.29) is 17.1 Å². The molecule has 2 amide bonds. The van der Waals surface area contributed by atoms with E-state index < -0.39 is 0 Å². The fourth-order valence-corrected chi connectivity index (χ4v) is 3.74. The zero-order valence-electron chi connectivity index (χ0n) is 11.5. The molecular weight excluding hydrogens is 419 g/mol. The molecule has 4 nitrogen and oxygen atoms in total. The van der Waals surface area contributed by atoms with E-state index in [2.05, 4.69) is 27.9 Å². The van der Waals surface area contributed by atoms with E-state index in [9.17, 15) is 9.59 Å². The van der Waals surface area contributed by atoms with Crippen LogP contribution in [0.4, 0.5) is 5.69 Å². The molecule has 7 heteroatoms. The molecule has 1 fully saturated rings. The highest BCUT2D eigenvalue weighted by Crippen LogP contribution is 2.26. The summed E-state index contributed by atoms with van der Waals surface area (Å²) in [5.74, 6) is -0.00230. The maximum Gasteiger partial charge on any atom is 0.241 e. The molecular formula is C14H15IN2O2S2. The van der Waals surface area contributed by atoms with Gasteiger partial charge in [0.25, 0.3) is 0 Å². The molecule has 1 aliphatic rings. The summed E-state index contributed by atoms with van der Waals surface area (Å²) in [6.45, 7) is 2.36. The topological polar surface area (TPSA) is 49.4 Å². The average Bonchev–Trinajstić information content (AvgIpc) is 2.68. The molecule has 0 aromatic heterocycles. The van der Waals surface area contributed by atoms with Crippen molar-refractivity contribution in [2.45, 2.75) is 25.0 Å². The van der Waals surface area contributed by atoms with Gasteiger partial charge in [0.15, 0.2) is 0 Å². The van der Waals surface area contributed by atoms with Gasteiger partial charge < -0.3 is 5.32 Å². The van der Waals surface area contributed by atoms with Crippen LogP contribution in [0.25, 0.3) is 0 Å². The average molecular weight is 434 g/mol. The minimum atomic E-state index is -0.0990. The Bertz CT molecular complexity index is 563. The van der Waals surface area contributed by atoms with Gasteiger partial charge in [-0.2, -0.15) is 0 Å². The first-order valence-electron chi connectivity index (χ1n) is 6.55. The van der Waals surface area contributed by atoms with Crippen LogP contribution in [0, 0.1) is 3.57 Å². The predicted molar refractivity (Wildman–Crippen MR) is 98.4 cm³/mol. The highest BCUT2D eigenvalue weighted by molar-refractivity contribution is 14.1. The molecule has 1 heterocycles. The van der Waals surface area contributed by atoms with Crippen molar-refractivity contribution in [2.75, 3.05) is 11.9 Å². The largest absolute Gasteiger partial charge is 0.326 e. The van der Waals surface area contributed by atoms with Crippen LogP contribution in [0.2, 0.25) is 0 Å². The minimum absolute atomic E-state index is 0.0445. The van der Waals surface area contributed by atoms with E-state index in [1.54, 1.807) is 4.90 Å². The molecule has 112 valence electrons. The van der Waals surface area contributed by atoms with Crippen molar-refractivity contribution >= 4 is 68.4 Å². The Balaban J connectivity index is 1.76. The Kier molecular flexibility index (Phi) is 6.00. The second-order valence-electron chi connectivity index (χ2n) is 4.67. The number of thiocarbonyl (C=S) groups is 1. The van der Waals surface area contributed by atoms with Crippen LogP contribution in [0.1, 0.15) is 19.8 Å². The van der Waals surface area contributed by atoms with Crippen molar-refractivity contribution in [3.8, 4) is 0 Å². The van der Waals surface area contributed by atoms with E-state index in [1.165, 1.54) is 11.8 Å². The van der Waals surface area contributed by atoms with Gasteiger partial charge in [-0.25, -0.2) is 0 Å². The summed E-state index contributed by atoms with van der Waals surface area (Å²) < 4.78 is 1.74. The van der Waals surface area contributed by atoms with Gasteiger partial charge in [-0.05, 0) is 60.2 Å². The van der Waals surface area contributed by atoms with Crippen molar-refractivity contribution in [2.24, 2.45) is 0 Å². The van der Waals surface area contributed by atoms with Crippen molar-refractivity contribution in [3.63, 3.8) is 0 Å². The number of carbonyl (C=O) groups is 2. The molecule has 2 rings (SSSR count). The number of amides is 2. The highest BCUT2D eigenvalue weighted by Gasteiger charge is 2.33. The third-order valence-electron chi connectivity index (χ3n) is 3.03. The van der Waals surface area contributed by atoms with E-state index in [4.69, 9.17) is 12.2 Å². The zero-order chi connectivity index (χ0) is 15.4. The number of rotatable bonds is 5. The number of benzene rings is 1. The summed E-state index contributed by atoms with van der Waals surface area (Å²) in [5, 5.41) is 2.74. The first-order valence-corrected chi connectivity index (χ1v) is 8.91. The van der Waals surface area contributed by atoms with Crippen LogP contribution in [-0.2, 0) is 9.59 Å². The Labute approximate surface area is 147 Å². The number of hydrogen-bond donors (Lipinski definition) is 1. The number of hydrogen-bond acceptors (Lipinski definition) is 4. The molecule has 0 bridgehead atoms. The third-order valence-corrected chi connectivity index (χ3v) is 5.23. The highest BCUT2D eigenvalue weighted by atomic mass is 127. The standard InChI is InChI=1S/C14H15IN2O2S2/c1-9-13(19)17(14(20)21-9)8-2-3-12(18)16-11-6-4-10(15)5-7-11/h4-7,9H,2-3,8H2,1H3,(H,16,18). The van der Waals surface area contributed by atoms with E-state index in [0.717, 1.165) is 9.26 Å². The van der Waals surface area contributed by atoms with E-state index in [0.29, 0.717) is 23.7 Å². The first kappa shape index (κ1) is 16.7. The number of nitrogens with one attached hydrogen (secondary N) is 1. The molecule has 0 aliphatic carbocycles. The quantitative estimate of drug-likeness (QED) is 0.571. The van der Waals surface area contributed by atoms with Gasteiger partial charge in [0.1, 0.15) is 4.32 Å².